The van der Waals surface area contributed by atoms with Gasteiger partial charge in [-0.25, -0.2) is 0 Å². The van der Waals surface area contributed by atoms with E-state index in [1.807, 2.05) is 12.3 Å². The number of benzene rings is 1. The van der Waals surface area contributed by atoms with Crippen molar-refractivity contribution in [1.29, 1.82) is 0 Å². The Labute approximate surface area is 137 Å². The van der Waals surface area contributed by atoms with Crippen molar-refractivity contribution in [2.75, 3.05) is 13.6 Å². The molecule has 3 heterocycles. The van der Waals surface area contributed by atoms with Crippen LogP contribution in [0.15, 0.2) is 42.6 Å². The molecule has 0 atom stereocenters. The molecule has 0 amide bonds. The second-order valence-electron chi connectivity index (χ2n) is 6.58. The number of aryl methyl sites for hydroxylation is 3. The maximum Gasteiger partial charge on any atom is 0.0486 e. The largest absolute Gasteiger partial charge is 0.344 e. The summed E-state index contributed by atoms with van der Waals surface area (Å²) in [6.45, 7) is 5.35. The Morgan fingerprint density at radius 3 is 2.87 bits per heavy atom. The molecule has 1 aromatic carbocycles. The molecule has 2 aromatic heterocycles. The first kappa shape index (κ1) is 14.5. The number of hydrogen-bond donors (Lipinski definition) is 0. The van der Waals surface area contributed by atoms with Crippen LogP contribution in [-0.4, -0.2) is 28.0 Å². The predicted octanol–water partition coefficient (Wildman–Crippen LogP) is 3.58. The van der Waals surface area contributed by atoms with E-state index in [2.05, 4.69) is 58.8 Å². The average molecular weight is 305 g/mol. The summed E-state index contributed by atoms with van der Waals surface area (Å²) in [6.07, 6.45) is 4.06. The van der Waals surface area contributed by atoms with E-state index in [1.165, 1.54) is 27.7 Å². The molecule has 0 saturated carbocycles. The van der Waals surface area contributed by atoms with Crippen LogP contribution in [0.1, 0.15) is 22.5 Å². The molecule has 1 aliphatic heterocycles. The summed E-state index contributed by atoms with van der Waals surface area (Å²) in [5.41, 5.74) is 6.95. The van der Waals surface area contributed by atoms with Crippen LogP contribution in [0.5, 0.6) is 0 Å². The fourth-order valence-corrected chi connectivity index (χ4v) is 3.81. The highest BCUT2D eigenvalue weighted by Crippen LogP contribution is 2.30. The highest BCUT2D eigenvalue weighted by molar-refractivity contribution is 5.85. The lowest BCUT2D eigenvalue weighted by Crippen LogP contribution is -2.27. The van der Waals surface area contributed by atoms with Gasteiger partial charge in [-0.1, -0.05) is 24.3 Å². The molecule has 0 fully saturated rings. The number of likely N-dealkylation sites (N-methyl/N-ethyl adjacent to an activating group) is 1. The van der Waals surface area contributed by atoms with Crippen molar-refractivity contribution in [3.8, 4) is 0 Å². The van der Waals surface area contributed by atoms with Crippen molar-refractivity contribution in [2.45, 2.75) is 32.9 Å². The van der Waals surface area contributed by atoms with Crippen molar-refractivity contribution < 1.29 is 0 Å². The third kappa shape index (κ3) is 2.55. The third-order valence-electron chi connectivity index (χ3n) is 5.07. The number of hydrogen-bond acceptors (Lipinski definition) is 2. The van der Waals surface area contributed by atoms with Crippen LogP contribution in [0.3, 0.4) is 0 Å². The van der Waals surface area contributed by atoms with Gasteiger partial charge in [0.2, 0.25) is 0 Å². The molecule has 23 heavy (non-hydrogen) atoms. The Balaban J connectivity index is 1.74. The topological polar surface area (TPSA) is 21.1 Å². The number of para-hydroxylation sites is 1. The minimum Gasteiger partial charge on any atom is -0.344 e. The molecule has 4 rings (SSSR count). The van der Waals surface area contributed by atoms with E-state index in [9.17, 15) is 0 Å². The molecule has 118 valence electrons. The Bertz CT molecular complexity index is 847. The van der Waals surface area contributed by atoms with Gasteiger partial charge in [0.15, 0.2) is 0 Å². The van der Waals surface area contributed by atoms with Gasteiger partial charge in [0.1, 0.15) is 0 Å². The average Bonchev–Trinajstić information content (AvgIpc) is 2.88. The first-order chi connectivity index (χ1) is 11.2. The minimum absolute atomic E-state index is 1.03. The summed E-state index contributed by atoms with van der Waals surface area (Å²) in [5.74, 6) is 0. The summed E-state index contributed by atoms with van der Waals surface area (Å²) in [6, 6.07) is 13.1. The van der Waals surface area contributed by atoms with E-state index < -0.39 is 0 Å². The van der Waals surface area contributed by atoms with E-state index in [-0.39, 0.29) is 0 Å². The van der Waals surface area contributed by atoms with Gasteiger partial charge >= 0.3 is 0 Å². The highest BCUT2D eigenvalue weighted by atomic mass is 15.1. The van der Waals surface area contributed by atoms with Gasteiger partial charge in [0, 0.05) is 54.5 Å². The number of rotatable bonds is 3. The van der Waals surface area contributed by atoms with E-state index in [1.54, 1.807) is 0 Å². The summed E-state index contributed by atoms with van der Waals surface area (Å²) >= 11 is 0. The molecule has 3 heteroatoms. The smallest absolute Gasteiger partial charge is 0.0486 e. The molecule has 0 aliphatic carbocycles. The van der Waals surface area contributed by atoms with E-state index in [4.69, 9.17) is 0 Å². The van der Waals surface area contributed by atoms with Crippen LogP contribution >= 0.6 is 0 Å². The zero-order valence-corrected chi connectivity index (χ0v) is 13.9. The van der Waals surface area contributed by atoms with Gasteiger partial charge in [-0.2, -0.15) is 0 Å². The Kier molecular flexibility index (Phi) is 3.66. The normalized spacial score (nSPS) is 15.0. The molecule has 0 radical (unpaired) electrons. The van der Waals surface area contributed by atoms with Crippen LogP contribution in [0, 0.1) is 6.92 Å². The quantitative estimate of drug-likeness (QED) is 0.737. The van der Waals surface area contributed by atoms with Crippen molar-refractivity contribution in [1.82, 2.24) is 14.5 Å². The lowest BCUT2D eigenvalue weighted by atomic mass is 10.1. The summed E-state index contributed by atoms with van der Waals surface area (Å²) in [4.78, 5) is 6.84. The molecule has 1 aliphatic rings. The van der Waals surface area contributed by atoms with Crippen LogP contribution in [0.25, 0.3) is 10.9 Å². The standard InChI is InChI=1S/C20H23N3/c1-15-16(6-5-11-21-15)9-13-23-19-8-4-3-7-17(19)18-14-22(2)12-10-20(18)23/h3-8,11H,9-10,12-14H2,1-2H3. The van der Waals surface area contributed by atoms with Gasteiger partial charge in [-0.3, -0.25) is 4.98 Å². The van der Waals surface area contributed by atoms with Crippen molar-refractivity contribution >= 4 is 10.9 Å². The number of pyridine rings is 1. The van der Waals surface area contributed by atoms with Gasteiger partial charge in [0.05, 0.1) is 0 Å². The molecule has 0 bridgehead atoms. The number of aromatic nitrogens is 2. The van der Waals surface area contributed by atoms with Gasteiger partial charge in [-0.15, -0.1) is 0 Å². The SMILES string of the molecule is Cc1ncccc1CCn1c2c(c3ccccc31)CN(C)CC2. The molecule has 3 nitrogen and oxygen atoms in total. The minimum atomic E-state index is 1.03. The Morgan fingerprint density at radius 2 is 2.00 bits per heavy atom. The molecule has 0 N–H and O–H groups in total. The van der Waals surface area contributed by atoms with E-state index in [0.717, 1.165) is 38.2 Å². The van der Waals surface area contributed by atoms with E-state index >= 15 is 0 Å². The molecular weight excluding hydrogens is 282 g/mol. The maximum absolute atomic E-state index is 4.42. The van der Waals surface area contributed by atoms with Crippen LogP contribution in [0.2, 0.25) is 0 Å². The van der Waals surface area contributed by atoms with Crippen LogP contribution < -0.4 is 0 Å². The van der Waals surface area contributed by atoms with Crippen molar-refractivity contribution in [3.63, 3.8) is 0 Å². The fraction of sp³-hybridized carbons (Fsp3) is 0.350. The first-order valence-corrected chi connectivity index (χ1v) is 8.42. The van der Waals surface area contributed by atoms with Crippen molar-refractivity contribution in [2.24, 2.45) is 0 Å². The molecule has 0 unspecified atom stereocenters. The summed E-state index contributed by atoms with van der Waals surface area (Å²) < 4.78 is 2.55. The fourth-order valence-electron chi connectivity index (χ4n) is 3.81. The van der Waals surface area contributed by atoms with E-state index in [0.29, 0.717) is 0 Å². The van der Waals surface area contributed by atoms with Crippen LogP contribution in [0.4, 0.5) is 0 Å². The second kappa shape index (κ2) is 5.82. The molecule has 0 spiro atoms. The molecular formula is C20H23N3. The van der Waals surface area contributed by atoms with Gasteiger partial charge in [0.25, 0.3) is 0 Å². The van der Waals surface area contributed by atoms with Crippen molar-refractivity contribution in [3.05, 3.63) is 65.1 Å². The highest BCUT2D eigenvalue weighted by Gasteiger charge is 2.21. The molecule has 0 saturated heterocycles. The Hall–Kier alpha value is -2.13. The monoisotopic (exact) mass is 305 g/mol. The maximum atomic E-state index is 4.42. The Morgan fingerprint density at radius 1 is 1.13 bits per heavy atom. The summed E-state index contributed by atoms with van der Waals surface area (Å²) in [5, 5.41) is 1.43. The molecule has 3 aromatic rings. The zero-order chi connectivity index (χ0) is 15.8. The summed E-state index contributed by atoms with van der Waals surface area (Å²) in [7, 11) is 2.22. The van der Waals surface area contributed by atoms with Crippen LogP contribution in [-0.2, 0) is 25.9 Å². The predicted molar refractivity (Wildman–Crippen MR) is 94.7 cm³/mol. The zero-order valence-electron chi connectivity index (χ0n) is 13.9. The van der Waals surface area contributed by atoms with Gasteiger partial charge < -0.3 is 9.47 Å². The number of fused-ring (bicyclic) bond motifs is 3. The third-order valence-corrected chi connectivity index (χ3v) is 5.07. The second-order valence-corrected chi connectivity index (χ2v) is 6.58. The first-order valence-electron chi connectivity index (χ1n) is 8.42. The lowest BCUT2D eigenvalue weighted by Gasteiger charge is -2.24. The van der Waals surface area contributed by atoms with Gasteiger partial charge in [-0.05, 0) is 43.7 Å². The lowest BCUT2D eigenvalue weighted by molar-refractivity contribution is 0.309. The number of nitrogens with zero attached hydrogens (tertiary/aromatic N) is 3.